The molecule has 1 unspecified atom stereocenters. The van der Waals surface area contributed by atoms with Crippen LogP contribution in [0.2, 0.25) is 0 Å². The molecule has 0 saturated carbocycles. The summed E-state index contributed by atoms with van der Waals surface area (Å²) in [5.41, 5.74) is 1.36. The highest BCUT2D eigenvalue weighted by Gasteiger charge is 2.32. The second-order valence-corrected chi connectivity index (χ2v) is 5.42. The maximum atomic E-state index is 11.0. The molecule has 0 aliphatic heterocycles. The monoisotopic (exact) mass is 282 g/mol. The zero-order valence-corrected chi connectivity index (χ0v) is 12.4. The van der Waals surface area contributed by atoms with Gasteiger partial charge in [0.2, 0.25) is 0 Å². The molecule has 108 valence electrons. The standard InChI is InChI=1S/C18H18O3/c1-12-8-9-15-13(10-12)11-17(21-15)18(2,19)14-6-4-5-7-16(14)20-3/h4-11,19H,1-3H3. The Morgan fingerprint density at radius 2 is 1.86 bits per heavy atom. The van der Waals surface area contributed by atoms with Gasteiger partial charge in [0.1, 0.15) is 22.7 Å². The van der Waals surface area contributed by atoms with E-state index in [2.05, 4.69) is 0 Å². The van der Waals surface area contributed by atoms with Gasteiger partial charge >= 0.3 is 0 Å². The number of aryl methyl sites for hydroxylation is 1. The number of rotatable bonds is 3. The van der Waals surface area contributed by atoms with Gasteiger partial charge in [-0.15, -0.1) is 0 Å². The molecule has 3 rings (SSSR count). The first-order chi connectivity index (χ1) is 10.0. The molecule has 0 aliphatic rings. The zero-order valence-electron chi connectivity index (χ0n) is 12.4. The number of fused-ring (bicyclic) bond motifs is 1. The first-order valence-electron chi connectivity index (χ1n) is 6.89. The van der Waals surface area contributed by atoms with Crippen LogP contribution in [-0.4, -0.2) is 12.2 Å². The fourth-order valence-electron chi connectivity index (χ4n) is 2.58. The molecule has 0 bridgehead atoms. The van der Waals surface area contributed by atoms with E-state index >= 15 is 0 Å². The lowest BCUT2D eigenvalue weighted by Crippen LogP contribution is -2.22. The van der Waals surface area contributed by atoms with Gasteiger partial charge in [-0.25, -0.2) is 0 Å². The van der Waals surface area contributed by atoms with Crippen molar-refractivity contribution in [2.45, 2.75) is 19.4 Å². The predicted octanol–water partition coefficient (Wildman–Crippen LogP) is 4.01. The largest absolute Gasteiger partial charge is 0.496 e. The molecule has 0 amide bonds. The highest BCUT2D eigenvalue weighted by atomic mass is 16.5. The summed E-state index contributed by atoms with van der Waals surface area (Å²) in [4.78, 5) is 0. The minimum atomic E-state index is -1.25. The van der Waals surface area contributed by atoms with Gasteiger partial charge in [-0.2, -0.15) is 0 Å². The van der Waals surface area contributed by atoms with Crippen LogP contribution in [0.5, 0.6) is 5.75 Å². The third kappa shape index (κ3) is 2.30. The molecule has 1 atom stereocenters. The van der Waals surface area contributed by atoms with Gasteiger partial charge in [0, 0.05) is 10.9 Å². The normalized spacial score (nSPS) is 14.1. The molecule has 0 saturated heterocycles. The van der Waals surface area contributed by atoms with Crippen LogP contribution in [-0.2, 0) is 5.60 Å². The average molecular weight is 282 g/mol. The Morgan fingerprint density at radius 3 is 2.62 bits per heavy atom. The van der Waals surface area contributed by atoms with Crippen LogP contribution in [0.15, 0.2) is 52.9 Å². The van der Waals surface area contributed by atoms with E-state index in [-0.39, 0.29) is 0 Å². The molecule has 1 aromatic heterocycles. The van der Waals surface area contributed by atoms with Crippen molar-refractivity contribution in [2.75, 3.05) is 7.11 Å². The summed E-state index contributed by atoms with van der Waals surface area (Å²) in [6.45, 7) is 3.75. The molecule has 1 heterocycles. The second kappa shape index (κ2) is 4.93. The summed E-state index contributed by atoms with van der Waals surface area (Å²) >= 11 is 0. The van der Waals surface area contributed by atoms with E-state index in [4.69, 9.17) is 9.15 Å². The Labute approximate surface area is 123 Å². The van der Waals surface area contributed by atoms with Gasteiger partial charge in [0.25, 0.3) is 0 Å². The van der Waals surface area contributed by atoms with Gasteiger partial charge < -0.3 is 14.3 Å². The van der Waals surface area contributed by atoms with Crippen molar-refractivity contribution in [3.63, 3.8) is 0 Å². The molecule has 3 aromatic rings. The van der Waals surface area contributed by atoms with E-state index in [0.717, 1.165) is 16.5 Å². The van der Waals surface area contributed by atoms with Crippen LogP contribution in [0.1, 0.15) is 23.8 Å². The highest BCUT2D eigenvalue weighted by Crippen LogP contribution is 2.37. The van der Waals surface area contributed by atoms with Crippen molar-refractivity contribution < 1.29 is 14.3 Å². The molecule has 2 aromatic carbocycles. The van der Waals surface area contributed by atoms with Crippen molar-refractivity contribution >= 4 is 11.0 Å². The number of benzene rings is 2. The van der Waals surface area contributed by atoms with Crippen molar-refractivity contribution in [2.24, 2.45) is 0 Å². The van der Waals surface area contributed by atoms with E-state index in [9.17, 15) is 5.11 Å². The number of aliphatic hydroxyl groups is 1. The summed E-state index contributed by atoms with van der Waals surface area (Å²) in [6, 6.07) is 15.3. The molecule has 21 heavy (non-hydrogen) atoms. The molecular formula is C18H18O3. The quantitative estimate of drug-likeness (QED) is 0.789. The van der Waals surface area contributed by atoms with Crippen molar-refractivity contribution in [3.8, 4) is 5.75 Å². The average Bonchev–Trinajstić information content (AvgIpc) is 2.91. The molecule has 0 aliphatic carbocycles. The lowest BCUT2D eigenvalue weighted by Gasteiger charge is -2.23. The lowest BCUT2D eigenvalue weighted by molar-refractivity contribution is 0.0758. The van der Waals surface area contributed by atoms with Gasteiger partial charge in [-0.1, -0.05) is 29.8 Å². The highest BCUT2D eigenvalue weighted by molar-refractivity contribution is 5.79. The van der Waals surface area contributed by atoms with Crippen LogP contribution in [0.3, 0.4) is 0 Å². The topological polar surface area (TPSA) is 42.6 Å². The molecule has 0 spiro atoms. The third-order valence-electron chi connectivity index (χ3n) is 3.78. The molecule has 1 N–H and O–H groups in total. The molecular weight excluding hydrogens is 264 g/mol. The second-order valence-electron chi connectivity index (χ2n) is 5.42. The Balaban J connectivity index is 2.15. The summed E-state index contributed by atoms with van der Waals surface area (Å²) in [5, 5.41) is 12.0. The van der Waals surface area contributed by atoms with Gasteiger partial charge in [0.15, 0.2) is 0 Å². The van der Waals surface area contributed by atoms with E-state index < -0.39 is 5.60 Å². The minimum Gasteiger partial charge on any atom is -0.496 e. The van der Waals surface area contributed by atoms with E-state index in [1.807, 2.05) is 55.5 Å². The van der Waals surface area contributed by atoms with Crippen LogP contribution < -0.4 is 4.74 Å². The fourth-order valence-corrected chi connectivity index (χ4v) is 2.58. The maximum Gasteiger partial charge on any atom is 0.148 e. The third-order valence-corrected chi connectivity index (χ3v) is 3.78. The number of ether oxygens (including phenoxy) is 1. The molecule has 3 nitrogen and oxygen atoms in total. The number of hydrogen-bond donors (Lipinski definition) is 1. The van der Waals surface area contributed by atoms with Crippen LogP contribution >= 0.6 is 0 Å². The van der Waals surface area contributed by atoms with E-state index in [1.165, 1.54) is 0 Å². The predicted molar refractivity (Wildman–Crippen MR) is 82.6 cm³/mol. The molecule has 0 fully saturated rings. The van der Waals surface area contributed by atoms with E-state index in [0.29, 0.717) is 17.1 Å². The van der Waals surface area contributed by atoms with Gasteiger partial charge in [-0.05, 0) is 38.1 Å². The van der Waals surface area contributed by atoms with Gasteiger partial charge in [0.05, 0.1) is 7.11 Å². The number of methoxy groups -OCH3 is 1. The van der Waals surface area contributed by atoms with Crippen molar-refractivity contribution in [3.05, 3.63) is 65.4 Å². The first-order valence-corrected chi connectivity index (χ1v) is 6.89. The number of furan rings is 1. The van der Waals surface area contributed by atoms with Crippen LogP contribution in [0.4, 0.5) is 0 Å². The minimum absolute atomic E-state index is 0.507. The van der Waals surface area contributed by atoms with Crippen LogP contribution in [0, 0.1) is 6.92 Å². The first kappa shape index (κ1) is 13.7. The fraction of sp³-hybridized carbons (Fsp3) is 0.222. The smallest absolute Gasteiger partial charge is 0.148 e. The van der Waals surface area contributed by atoms with Gasteiger partial charge in [-0.3, -0.25) is 0 Å². The SMILES string of the molecule is COc1ccccc1C(C)(O)c1cc2cc(C)ccc2o1. The summed E-state index contributed by atoms with van der Waals surface area (Å²) in [5.74, 6) is 1.15. The lowest BCUT2D eigenvalue weighted by atomic mass is 9.92. The van der Waals surface area contributed by atoms with Crippen molar-refractivity contribution in [1.82, 2.24) is 0 Å². The summed E-state index contributed by atoms with van der Waals surface area (Å²) in [6.07, 6.45) is 0. The van der Waals surface area contributed by atoms with E-state index in [1.54, 1.807) is 14.0 Å². The summed E-state index contributed by atoms with van der Waals surface area (Å²) < 4.78 is 11.2. The Bertz CT molecular complexity index is 784. The number of para-hydroxylation sites is 1. The maximum absolute atomic E-state index is 11.0. The Morgan fingerprint density at radius 1 is 1.10 bits per heavy atom. The Kier molecular flexibility index (Phi) is 3.22. The van der Waals surface area contributed by atoms with Crippen LogP contribution in [0.25, 0.3) is 11.0 Å². The number of hydrogen-bond acceptors (Lipinski definition) is 3. The zero-order chi connectivity index (χ0) is 15.0. The Hall–Kier alpha value is -2.26. The molecule has 3 heteroatoms. The molecule has 0 radical (unpaired) electrons. The van der Waals surface area contributed by atoms with Crippen molar-refractivity contribution in [1.29, 1.82) is 0 Å². The summed E-state index contributed by atoms with van der Waals surface area (Å²) in [7, 11) is 1.59.